The molecule has 2 rings (SSSR count). The highest BCUT2D eigenvalue weighted by atomic mass is 79.9. The number of halogens is 1. The van der Waals surface area contributed by atoms with E-state index in [9.17, 15) is 4.79 Å². The zero-order valence-corrected chi connectivity index (χ0v) is 9.77. The van der Waals surface area contributed by atoms with Crippen LogP contribution in [0, 0.1) is 0 Å². The van der Waals surface area contributed by atoms with E-state index < -0.39 is 0 Å². The van der Waals surface area contributed by atoms with Gasteiger partial charge in [0, 0.05) is 17.3 Å². The summed E-state index contributed by atoms with van der Waals surface area (Å²) < 4.78 is 2.23. The topological polar surface area (TPSA) is 30.0 Å². The van der Waals surface area contributed by atoms with Crippen LogP contribution in [0.2, 0.25) is 0 Å². The second-order valence-corrected chi connectivity index (χ2v) is 4.84. The van der Waals surface area contributed by atoms with Gasteiger partial charge in [0.1, 0.15) is 6.29 Å². The van der Waals surface area contributed by atoms with Crippen molar-refractivity contribution in [1.29, 1.82) is 0 Å². The van der Waals surface area contributed by atoms with Crippen LogP contribution in [0.25, 0.3) is 10.2 Å². The highest BCUT2D eigenvalue weighted by Gasteiger charge is 2.05. The first kappa shape index (κ1) is 9.80. The van der Waals surface area contributed by atoms with E-state index in [0.717, 1.165) is 32.4 Å². The summed E-state index contributed by atoms with van der Waals surface area (Å²) in [7, 11) is 0. The van der Waals surface area contributed by atoms with Crippen molar-refractivity contribution in [1.82, 2.24) is 4.98 Å². The standard InChI is InChI=1S/C10H8BrNOS/c11-7-3-1-4-8-10(7)14-9(12-8)5-2-6-13/h1,3-4,6H,2,5H2. The SMILES string of the molecule is O=CCCc1nc2cccc(Br)c2s1. The molecule has 2 nitrogen and oxygen atoms in total. The zero-order valence-electron chi connectivity index (χ0n) is 7.37. The molecule has 0 fully saturated rings. The van der Waals surface area contributed by atoms with Crippen LogP contribution >= 0.6 is 27.3 Å². The monoisotopic (exact) mass is 269 g/mol. The maximum absolute atomic E-state index is 10.2. The van der Waals surface area contributed by atoms with Crippen LogP contribution in [0.15, 0.2) is 22.7 Å². The highest BCUT2D eigenvalue weighted by Crippen LogP contribution is 2.29. The van der Waals surface area contributed by atoms with Gasteiger partial charge in [-0.1, -0.05) is 6.07 Å². The summed E-state index contributed by atoms with van der Waals surface area (Å²) in [4.78, 5) is 14.7. The van der Waals surface area contributed by atoms with Gasteiger partial charge in [0.05, 0.1) is 15.2 Å². The van der Waals surface area contributed by atoms with E-state index in [-0.39, 0.29) is 0 Å². The number of carbonyl (C=O) groups is 1. The minimum Gasteiger partial charge on any atom is -0.303 e. The fourth-order valence-corrected chi connectivity index (χ4v) is 2.83. The molecule has 0 aliphatic carbocycles. The van der Waals surface area contributed by atoms with Gasteiger partial charge < -0.3 is 4.79 Å². The molecular weight excluding hydrogens is 262 g/mol. The van der Waals surface area contributed by atoms with Crippen molar-refractivity contribution >= 4 is 43.8 Å². The Morgan fingerprint density at radius 2 is 2.36 bits per heavy atom. The summed E-state index contributed by atoms with van der Waals surface area (Å²) in [6.45, 7) is 0. The Kier molecular flexibility index (Phi) is 2.93. The molecule has 0 saturated carbocycles. The third-order valence-corrected chi connectivity index (χ3v) is 3.97. The molecule has 0 N–H and O–H groups in total. The van der Waals surface area contributed by atoms with Gasteiger partial charge in [0.2, 0.25) is 0 Å². The van der Waals surface area contributed by atoms with Crippen molar-refractivity contribution in [3.8, 4) is 0 Å². The van der Waals surface area contributed by atoms with Gasteiger partial charge in [-0.25, -0.2) is 4.98 Å². The van der Waals surface area contributed by atoms with Crippen LogP contribution < -0.4 is 0 Å². The Labute approximate surface area is 94.1 Å². The summed E-state index contributed by atoms with van der Waals surface area (Å²) in [5, 5.41) is 1.03. The quantitative estimate of drug-likeness (QED) is 0.802. The third-order valence-electron chi connectivity index (χ3n) is 1.89. The van der Waals surface area contributed by atoms with Crippen molar-refractivity contribution in [3.05, 3.63) is 27.7 Å². The van der Waals surface area contributed by atoms with Gasteiger partial charge in [-0.15, -0.1) is 11.3 Å². The first-order valence-corrected chi connectivity index (χ1v) is 5.90. The zero-order chi connectivity index (χ0) is 9.97. The number of hydrogen-bond acceptors (Lipinski definition) is 3. The molecule has 0 radical (unpaired) electrons. The number of aromatic nitrogens is 1. The van der Waals surface area contributed by atoms with Gasteiger partial charge in [-0.05, 0) is 28.1 Å². The highest BCUT2D eigenvalue weighted by molar-refractivity contribution is 9.10. The molecule has 1 aromatic carbocycles. The fraction of sp³-hybridized carbons (Fsp3) is 0.200. The lowest BCUT2D eigenvalue weighted by Crippen LogP contribution is -1.83. The summed E-state index contributed by atoms with van der Waals surface area (Å²) in [6.07, 6.45) is 2.23. The summed E-state index contributed by atoms with van der Waals surface area (Å²) in [5.74, 6) is 0. The van der Waals surface area contributed by atoms with E-state index in [1.807, 2.05) is 18.2 Å². The lowest BCUT2D eigenvalue weighted by atomic mass is 10.3. The van der Waals surface area contributed by atoms with E-state index in [2.05, 4.69) is 20.9 Å². The minimum absolute atomic E-state index is 0.553. The first-order chi connectivity index (χ1) is 6.81. The van der Waals surface area contributed by atoms with Crippen molar-refractivity contribution < 1.29 is 4.79 Å². The molecule has 72 valence electrons. The van der Waals surface area contributed by atoms with Crippen LogP contribution in [-0.2, 0) is 11.2 Å². The summed E-state index contributed by atoms with van der Waals surface area (Å²) >= 11 is 5.13. The Morgan fingerprint density at radius 3 is 3.07 bits per heavy atom. The number of fused-ring (bicyclic) bond motifs is 1. The van der Waals surface area contributed by atoms with Crippen LogP contribution in [-0.4, -0.2) is 11.3 Å². The third kappa shape index (κ3) is 1.86. The van der Waals surface area contributed by atoms with Gasteiger partial charge >= 0.3 is 0 Å². The molecule has 2 aromatic rings. The number of rotatable bonds is 3. The normalized spacial score (nSPS) is 10.6. The summed E-state index contributed by atoms with van der Waals surface area (Å²) in [6, 6.07) is 5.96. The first-order valence-electron chi connectivity index (χ1n) is 4.29. The largest absolute Gasteiger partial charge is 0.303 e. The molecule has 0 amide bonds. The van der Waals surface area contributed by atoms with Gasteiger partial charge in [-0.3, -0.25) is 0 Å². The lowest BCUT2D eigenvalue weighted by Gasteiger charge is -1.88. The van der Waals surface area contributed by atoms with Gasteiger partial charge in [0.15, 0.2) is 0 Å². The molecule has 0 unspecified atom stereocenters. The molecule has 1 aromatic heterocycles. The van der Waals surface area contributed by atoms with E-state index >= 15 is 0 Å². The number of hydrogen-bond donors (Lipinski definition) is 0. The van der Waals surface area contributed by atoms with E-state index in [4.69, 9.17) is 0 Å². The van der Waals surface area contributed by atoms with Crippen LogP contribution in [0.1, 0.15) is 11.4 Å². The van der Waals surface area contributed by atoms with Crippen molar-refractivity contribution in [2.24, 2.45) is 0 Å². The van der Waals surface area contributed by atoms with Gasteiger partial charge in [0.25, 0.3) is 0 Å². The molecule has 0 saturated heterocycles. The minimum atomic E-state index is 0.553. The average molecular weight is 270 g/mol. The number of thiazole rings is 1. The molecule has 0 atom stereocenters. The maximum atomic E-state index is 10.2. The van der Waals surface area contributed by atoms with Gasteiger partial charge in [-0.2, -0.15) is 0 Å². The molecular formula is C10H8BrNOS. The van der Waals surface area contributed by atoms with Crippen LogP contribution in [0.5, 0.6) is 0 Å². The smallest absolute Gasteiger partial charge is 0.120 e. The Balaban J connectivity index is 2.41. The Hall–Kier alpha value is -0.740. The van der Waals surface area contributed by atoms with Crippen molar-refractivity contribution in [2.75, 3.05) is 0 Å². The van der Waals surface area contributed by atoms with Crippen LogP contribution in [0.3, 0.4) is 0 Å². The van der Waals surface area contributed by atoms with Crippen LogP contribution in [0.4, 0.5) is 0 Å². The van der Waals surface area contributed by atoms with E-state index in [0.29, 0.717) is 6.42 Å². The molecule has 1 heterocycles. The second kappa shape index (κ2) is 4.19. The molecule has 4 heteroatoms. The fourth-order valence-electron chi connectivity index (χ4n) is 1.25. The van der Waals surface area contributed by atoms with Crippen molar-refractivity contribution in [3.63, 3.8) is 0 Å². The lowest BCUT2D eigenvalue weighted by molar-refractivity contribution is -0.107. The Morgan fingerprint density at radius 1 is 1.50 bits per heavy atom. The number of aldehydes is 1. The molecule has 0 aliphatic rings. The van der Waals surface area contributed by atoms with E-state index in [1.54, 1.807) is 11.3 Å². The van der Waals surface area contributed by atoms with Crippen molar-refractivity contribution in [2.45, 2.75) is 12.8 Å². The summed E-state index contributed by atoms with van der Waals surface area (Å²) in [5.41, 5.74) is 1.00. The number of benzene rings is 1. The Bertz CT molecular complexity index is 466. The molecule has 14 heavy (non-hydrogen) atoms. The molecule has 0 spiro atoms. The second-order valence-electron chi connectivity index (χ2n) is 2.90. The molecule has 0 bridgehead atoms. The molecule has 0 aliphatic heterocycles. The number of aryl methyl sites for hydroxylation is 1. The maximum Gasteiger partial charge on any atom is 0.120 e. The average Bonchev–Trinajstić information content (AvgIpc) is 2.59. The number of nitrogens with zero attached hydrogens (tertiary/aromatic N) is 1. The predicted molar refractivity (Wildman–Crippen MR) is 61.7 cm³/mol. The number of carbonyl (C=O) groups excluding carboxylic acids is 1. The predicted octanol–water partition coefficient (Wildman–Crippen LogP) is 3.19. The van der Waals surface area contributed by atoms with E-state index in [1.165, 1.54) is 0 Å².